The van der Waals surface area contributed by atoms with E-state index in [0.29, 0.717) is 6.54 Å². The molecule has 0 bridgehead atoms. The minimum absolute atomic E-state index is 0.0420. The van der Waals surface area contributed by atoms with Crippen molar-refractivity contribution in [1.82, 2.24) is 9.88 Å². The second-order valence-electron chi connectivity index (χ2n) is 7.21. The summed E-state index contributed by atoms with van der Waals surface area (Å²) in [5, 5.41) is 1.21. The van der Waals surface area contributed by atoms with E-state index in [1.54, 1.807) is 0 Å². The van der Waals surface area contributed by atoms with Crippen LogP contribution in [-0.4, -0.2) is 28.9 Å². The molecule has 4 rings (SSSR count). The van der Waals surface area contributed by atoms with Crippen molar-refractivity contribution in [3.63, 3.8) is 0 Å². The summed E-state index contributed by atoms with van der Waals surface area (Å²) in [6, 6.07) is 12.5. The molecule has 0 aliphatic carbocycles. The molecule has 1 aliphatic rings. The van der Waals surface area contributed by atoms with Gasteiger partial charge in [-0.3, -0.25) is 4.79 Å². The Morgan fingerprint density at radius 3 is 2.65 bits per heavy atom. The van der Waals surface area contributed by atoms with E-state index in [4.69, 9.17) is 4.74 Å². The van der Waals surface area contributed by atoms with Crippen LogP contribution in [-0.2, 0) is 17.8 Å². The summed E-state index contributed by atoms with van der Waals surface area (Å²) >= 11 is 0. The van der Waals surface area contributed by atoms with Crippen LogP contribution in [0.1, 0.15) is 27.9 Å². The summed E-state index contributed by atoms with van der Waals surface area (Å²) in [5.41, 5.74) is 7.00. The van der Waals surface area contributed by atoms with Gasteiger partial charge in [-0.2, -0.15) is 0 Å². The molecule has 2 aromatic carbocycles. The van der Waals surface area contributed by atoms with Crippen LogP contribution in [0.3, 0.4) is 0 Å². The summed E-state index contributed by atoms with van der Waals surface area (Å²) in [7, 11) is 0. The van der Waals surface area contributed by atoms with E-state index in [0.717, 1.165) is 35.4 Å². The fraction of sp³-hybridized carbons (Fsp3) is 0.318. The monoisotopic (exact) mass is 348 g/mol. The molecule has 0 radical (unpaired) electrons. The van der Waals surface area contributed by atoms with Crippen LogP contribution in [0.15, 0.2) is 36.4 Å². The van der Waals surface area contributed by atoms with Crippen LogP contribution < -0.4 is 4.74 Å². The van der Waals surface area contributed by atoms with Gasteiger partial charge in [0.2, 0.25) is 0 Å². The quantitative estimate of drug-likeness (QED) is 0.776. The molecule has 1 aliphatic heterocycles. The second-order valence-corrected chi connectivity index (χ2v) is 7.21. The SMILES string of the molecule is Cc1cc(C)c(OCC(=O)N2CCc3[nH]c4ccccc4c3C2)c(C)c1. The number of carbonyl (C=O) groups is 1. The zero-order valence-electron chi connectivity index (χ0n) is 15.6. The molecule has 1 N–H and O–H groups in total. The zero-order chi connectivity index (χ0) is 18.3. The van der Waals surface area contributed by atoms with Gasteiger partial charge in [0.25, 0.3) is 5.91 Å². The predicted octanol–water partition coefficient (Wildman–Crippen LogP) is 4.06. The number of ether oxygens (including phenoxy) is 1. The van der Waals surface area contributed by atoms with Crippen molar-refractivity contribution in [2.75, 3.05) is 13.2 Å². The first kappa shape index (κ1) is 16.7. The molecule has 1 amide bonds. The highest BCUT2D eigenvalue weighted by Crippen LogP contribution is 2.28. The van der Waals surface area contributed by atoms with Gasteiger partial charge in [-0.25, -0.2) is 0 Å². The van der Waals surface area contributed by atoms with Crippen LogP contribution in [0.2, 0.25) is 0 Å². The number of fused-ring (bicyclic) bond motifs is 3. The van der Waals surface area contributed by atoms with Gasteiger partial charge in [0, 0.05) is 41.7 Å². The number of hydrogen-bond donors (Lipinski definition) is 1. The Morgan fingerprint density at radius 2 is 1.88 bits per heavy atom. The standard InChI is InChI=1S/C22H24N2O2/c1-14-10-15(2)22(16(3)11-14)26-13-21(25)24-9-8-20-18(12-24)17-6-4-5-7-19(17)23-20/h4-7,10-11,23H,8-9,12-13H2,1-3H3. The van der Waals surface area contributed by atoms with Crippen LogP contribution in [0.25, 0.3) is 10.9 Å². The Labute approximate surface area is 153 Å². The van der Waals surface area contributed by atoms with Gasteiger partial charge < -0.3 is 14.6 Å². The molecule has 3 aromatic rings. The molecule has 0 spiro atoms. The lowest BCUT2D eigenvalue weighted by Gasteiger charge is -2.27. The number of para-hydroxylation sites is 1. The number of H-pyrrole nitrogens is 1. The Morgan fingerprint density at radius 1 is 1.15 bits per heavy atom. The lowest BCUT2D eigenvalue weighted by atomic mass is 10.0. The van der Waals surface area contributed by atoms with Crippen molar-refractivity contribution in [2.24, 2.45) is 0 Å². The fourth-order valence-corrected chi connectivity index (χ4v) is 4.00. The van der Waals surface area contributed by atoms with Gasteiger partial charge in [0.15, 0.2) is 6.61 Å². The summed E-state index contributed by atoms with van der Waals surface area (Å²) in [5.74, 6) is 0.869. The maximum atomic E-state index is 12.7. The van der Waals surface area contributed by atoms with Crippen molar-refractivity contribution in [3.05, 3.63) is 64.3 Å². The number of aromatic amines is 1. The van der Waals surface area contributed by atoms with E-state index in [1.165, 1.54) is 22.2 Å². The van der Waals surface area contributed by atoms with Crippen LogP contribution >= 0.6 is 0 Å². The van der Waals surface area contributed by atoms with Crippen LogP contribution in [0.4, 0.5) is 0 Å². The van der Waals surface area contributed by atoms with Crippen LogP contribution in [0.5, 0.6) is 5.75 Å². The van der Waals surface area contributed by atoms with Crippen molar-refractivity contribution in [1.29, 1.82) is 0 Å². The lowest BCUT2D eigenvalue weighted by Crippen LogP contribution is -2.38. The first-order valence-electron chi connectivity index (χ1n) is 9.10. The molecule has 0 unspecified atom stereocenters. The highest BCUT2D eigenvalue weighted by molar-refractivity contribution is 5.86. The third kappa shape index (κ3) is 2.96. The van der Waals surface area contributed by atoms with E-state index in [1.807, 2.05) is 30.9 Å². The van der Waals surface area contributed by atoms with Crippen molar-refractivity contribution >= 4 is 16.8 Å². The first-order chi connectivity index (χ1) is 12.5. The van der Waals surface area contributed by atoms with Gasteiger partial charge in [-0.05, 0) is 38.0 Å². The minimum Gasteiger partial charge on any atom is -0.483 e. The molecule has 4 nitrogen and oxygen atoms in total. The number of rotatable bonds is 3. The van der Waals surface area contributed by atoms with Crippen molar-refractivity contribution in [3.8, 4) is 5.75 Å². The Kier molecular flexibility index (Phi) is 4.19. The smallest absolute Gasteiger partial charge is 0.260 e. The Bertz CT molecular complexity index is 964. The van der Waals surface area contributed by atoms with Crippen LogP contribution in [0, 0.1) is 20.8 Å². The normalized spacial score (nSPS) is 13.7. The molecular weight excluding hydrogens is 324 g/mol. The molecule has 0 saturated carbocycles. The first-order valence-corrected chi connectivity index (χ1v) is 9.10. The van der Waals surface area contributed by atoms with Gasteiger partial charge in [0.1, 0.15) is 5.75 Å². The van der Waals surface area contributed by atoms with Crippen molar-refractivity contribution < 1.29 is 9.53 Å². The molecule has 26 heavy (non-hydrogen) atoms. The second kappa shape index (κ2) is 6.52. The average molecular weight is 348 g/mol. The van der Waals surface area contributed by atoms with E-state index in [-0.39, 0.29) is 12.5 Å². The summed E-state index contributed by atoms with van der Waals surface area (Å²) in [6.07, 6.45) is 0.859. The number of nitrogens with zero attached hydrogens (tertiary/aromatic N) is 1. The van der Waals surface area contributed by atoms with Gasteiger partial charge in [-0.1, -0.05) is 35.9 Å². The third-order valence-electron chi connectivity index (χ3n) is 5.18. The minimum atomic E-state index is 0.0420. The number of aryl methyl sites for hydroxylation is 3. The molecule has 4 heteroatoms. The van der Waals surface area contributed by atoms with Gasteiger partial charge >= 0.3 is 0 Å². The summed E-state index contributed by atoms with van der Waals surface area (Å²) in [4.78, 5) is 18.1. The van der Waals surface area contributed by atoms with Gasteiger partial charge in [-0.15, -0.1) is 0 Å². The van der Waals surface area contributed by atoms with E-state index >= 15 is 0 Å². The average Bonchev–Trinajstić information content (AvgIpc) is 2.98. The fourth-order valence-electron chi connectivity index (χ4n) is 4.00. The van der Waals surface area contributed by atoms with Crippen molar-refractivity contribution in [2.45, 2.75) is 33.7 Å². The van der Waals surface area contributed by atoms with E-state index in [2.05, 4.69) is 36.2 Å². The molecule has 134 valence electrons. The molecule has 0 fully saturated rings. The van der Waals surface area contributed by atoms with Gasteiger partial charge in [0.05, 0.1) is 0 Å². The Hall–Kier alpha value is -2.75. The molecule has 1 aromatic heterocycles. The lowest BCUT2D eigenvalue weighted by molar-refractivity contribution is -0.134. The van der Waals surface area contributed by atoms with E-state index in [9.17, 15) is 4.79 Å². The summed E-state index contributed by atoms with van der Waals surface area (Å²) < 4.78 is 5.90. The number of aromatic nitrogens is 1. The molecule has 0 saturated heterocycles. The number of amides is 1. The summed E-state index contributed by atoms with van der Waals surface area (Å²) in [6.45, 7) is 7.59. The predicted molar refractivity (Wildman–Crippen MR) is 104 cm³/mol. The number of benzene rings is 2. The highest BCUT2D eigenvalue weighted by atomic mass is 16.5. The molecule has 0 atom stereocenters. The number of carbonyl (C=O) groups excluding carboxylic acids is 1. The third-order valence-corrected chi connectivity index (χ3v) is 5.18. The molecular formula is C22H24N2O2. The zero-order valence-corrected chi connectivity index (χ0v) is 15.6. The topological polar surface area (TPSA) is 45.3 Å². The Balaban J connectivity index is 1.48. The number of nitrogens with one attached hydrogen (secondary N) is 1. The largest absolute Gasteiger partial charge is 0.483 e. The maximum absolute atomic E-state index is 12.7. The van der Waals surface area contributed by atoms with E-state index < -0.39 is 0 Å². The number of hydrogen-bond acceptors (Lipinski definition) is 2. The molecule has 2 heterocycles. The highest BCUT2D eigenvalue weighted by Gasteiger charge is 2.24. The maximum Gasteiger partial charge on any atom is 0.260 e.